The molecule has 1 aliphatic carbocycles. The summed E-state index contributed by atoms with van der Waals surface area (Å²) in [4.78, 5) is 4.60. The summed E-state index contributed by atoms with van der Waals surface area (Å²) < 4.78 is 5.46. The van der Waals surface area contributed by atoms with Gasteiger partial charge >= 0.3 is 0 Å². The van der Waals surface area contributed by atoms with Crippen molar-refractivity contribution >= 4 is 10.8 Å². The summed E-state index contributed by atoms with van der Waals surface area (Å²) in [5.74, 6) is 2.65. The van der Waals surface area contributed by atoms with Crippen molar-refractivity contribution < 1.29 is 4.52 Å². The molecule has 35 heavy (non-hydrogen) atoms. The Morgan fingerprint density at radius 1 is 0.943 bits per heavy atom. The number of aryl methyl sites for hydroxylation is 1. The Bertz CT molecular complexity index is 1240. The lowest BCUT2D eigenvalue weighted by Gasteiger charge is -2.32. The molecule has 0 radical (unpaired) electrons. The van der Waals surface area contributed by atoms with Crippen molar-refractivity contribution in [2.24, 2.45) is 5.92 Å². The zero-order valence-electron chi connectivity index (χ0n) is 21.2. The van der Waals surface area contributed by atoms with Gasteiger partial charge in [0.1, 0.15) is 0 Å². The zero-order chi connectivity index (χ0) is 24.2. The summed E-state index contributed by atoms with van der Waals surface area (Å²) >= 11 is 0. The number of fused-ring (bicyclic) bond motifs is 1. The summed E-state index contributed by atoms with van der Waals surface area (Å²) in [6, 6.07) is 25.0. The first kappa shape index (κ1) is 23.7. The fraction of sp³-hybridized carbons (Fsp3) is 0.419. The van der Waals surface area contributed by atoms with Crippen LogP contribution in [-0.4, -0.2) is 16.2 Å². The molecule has 0 amide bonds. The van der Waals surface area contributed by atoms with E-state index in [-0.39, 0.29) is 0 Å². The van der Waals surface area contributed by atoms with Crippen LogP contribution in [0.25, 0.3) is 22.2 Å². The normalized spacial score (nSPS) is 19.3. The van der Waals surface area contributed by atoms with Crippen LogP contribution in [0, 0.1) is 5.92 Å². The quantitative estimate of drug-likeness (QED) is 0.287. The van der Waals surface area contributed by atoms with Crippen molar-refractivity contribution in [3.8, 4) is 11.4 Å². The zero-order valence-corrected chi connectivity index (χ0v) is 21.2. The first-order valence-corrected chi connectivity index (χ1v) is 13.2. The van der Waals surface area contributed by atoms with Crippen molar-refractivity contribution in [1.29, 1.82) is 0 Å². The molecule has 1 aromatic heterocycles. The summed E-state index contributed by atoms with van der Waals surface area (Å²) in [7, 11) is 0. The maximum absolute atomic E-state index is 5.46. The standard InChI is InChI=1S/C31H37N3O/c1-21(2)14-19-30-33-31(34-35-30)25-17-15-23(16-18-25)26-10-6-11-27(20-26)32-22(3)28-13-7-9-24-8-4-5-12-29(24)28/h4-5,7-9,12-13,15-18,21-22,26-27,32H,6,10-11,14,19-20H2,1-3H3. The predicted octanol–water partition coefficient (Wildman–Crippen LogP) is 7.86. The minimum Gasteiger partial charge on any atom is -0.339 e. The lowest BCUT2D eigenvalue weighted by Crippen LogP contribution is -2.35. The van der Waals surface area contributed by atoms with Gasteiger partial charge in [0.2, 0.25) is 11.7 Å². The minimum atomic E-state index is 0.329. The Kier molecular flexibility index (Phi) is 7.29. The number of hydrogen-bond donors (Lipinski definition) is 1. The molecule has 1 heterocycles. The number of rotatable bonds is 8. The van der Waals surface area contributed by atoms with Crippen LogP contribution in [0.1, 0.15) is 81.9 Å². The molecule has 0 spiro atoms. The second-order valence-electron chi connectivity index (χ2n) is 10.6. The van der Waals surface area contributed by atoms with Crippen molar-refractivity contribution in [2.45, 2.75) is 77.3 Å². The molecule has 1 fully saturated rings. The summed E-state index contributed by atoms with van der Waals surface area (Å²) in [5, 5.41) is 10.8. The predicted molar refractivity (Wildman–Crippen MR) is 143 cm³/mol. The third kappa shape index (κ3) is 5.65. The second-order valence-corrected chi connectivity index (χ2v) is 10.6. The van der Waals surface area contributed by atoms with Crippen molar-refractivity contribution in [2.75, 3.05) is 0 Å². The molecule has 0 saturated heterocycles. The molecule has 1 N–H and O–H groups in total. The molecule has 3 unspecified atom stereocenters. The summed E-state index contributed by atoms with van der Waals surface area (Å²) in [6.45, 7) is 6.73. The molecule has 4 heteroatoms. The molecule has 3 aromatic carbocycles. The maximum atomic E-state index is 5.46. The number of benzene rings is 3. The number of aromatic nitrogens is 2. The molecule has 3 atom stereocenters. The van der Waals surface area contributed by atoms with Crippen LogP contribution < -0.4 is 5.32 Å². The maximum Gasteiger partial charge on any atom is 0.226 e. The molecular weight excluding hydrogens is 430 g/mol. The fourth-order valence-corrected chi connectivity index (χ4v) is 5.51. The molecule has 182 valence electrons. The number of hydrogen-bond acceptors (Lipinski definition) is 4. The van der Waals surface area contributed by atoms with E-state index in [9.17, 15) is 0 Å². The van der Waals surface area contributed by atoms with Crippen LogP contribution in [0.5, 0.6) is 0 Å². The van der Waals surface area contributed by atoms with Crippen LogP contribution in [0.4, 0.5) is 0 Å². The van der Waals surface area contributed by atoms with Gasteiger partial charge in [0.05, 0.1) is 0 Å². The second kappa shape index (κ2) is 10.7. The monoisotopic (exact) mass is 467 g/mol. The average Bonchev–Trinajstić information content (AvgIpc) is 3.36. The van der Waals surface area contributed by atoms with Crippen molar-refractivity contribution in [1.82, 2.24) is 15.5 Å². The van der Waals surface area contributed by atoms with Crippen LogP contribution in [-0.2, 0) is 6.42 Å². The SMILES string of the molecule is CC(C)CCc1nc(-c2ccc(C3CCCC(NC(C)c4cccc5ccccc45)C3)cc2)no1. The highest BCUT2D eigenvalue weighted by molar-refractivity contribution is 5.86. The van der Waals surface area contributed by atoms with Gasteiger partial charge in [0.15, 0.2) is 0 Å². The third-order valence-electron chi connectivity index (χ3n) is 7.49. The van der Waals surface area contributed by atoms with E-state index >= 15 is 0 Å². The Hall–Kier alpha value is -2.98. The van der Waals surface area contributed by atoms with E-state index in [1.807, 2.05) is 0 Å². The van der Waals surface area contributed by atoms with Crippen LogP contribution >= 0.6 is 0 Å². The fourth-order valence-electron chi connectivity index (χ4n) is 5.51. The third-order valence-corrected chi connectivity index (χ3v) is 7.49. The van der Waals surface area contributed by atoms with Gasteiger partial charge < -0.3 is 9.84 Å². The van der Waals surface area contributed by atoms with Gasteiger partial charge in [-0.2, -0.15) is 4.98 Å². The smallest absolute Gasteiger partial charge is 0.226 e. The topological polar surface area (TPSA) is 51.0 Å². The summed E-state index contributed by atoms with van der Waals surface area (Å²) in [5.41, 5.74) is 3.84. The van der Waals surface area contributed by atoms with Gasteiger partial charge in [0, 0.05) is 24.1 Å². The first-order chi connectivity index (χ1) is 17.1. The van der Waals surface area contributed by atoms with Gasteiger partial charge in [-0.25, -0.2) is 0 Å². The van der Waals surface area contributed by atoms with E-state index in [4.69, 9.17) is 4.52 Å². The van der Waals surface area contributed by atoms with Gasteiger partial charge in [-0.1, -0.05) is 92.2 Å². The van der Waals surface area contributed by atoms with Crippen molar-refractivity contribution in [3.63, 3.8) is 0 Å². The Balaban J connectivity index is 1.23. The Morgan fingerprint density at radius 2 is 1.74 bits per heavy atom. The van der Waals surface area contributed by atoms with E-state index in [1.165, 1.54) is 47.6 Å². The van der Waals surface area contributed by atoms with Gasteiger partial charge in [0.25, 0.3) is 0 Å². The van der Waals surface area contributed by atoms with E-state index in [0.717, 1.165) is 24.3 Å². The van der Waals surface area contributed by atoms with Gasteiger partial charge in [-0.05, 0) is 66.3 Å². The molecule has 1 saturated carbocycles. The van der Waals surface area contributed by atoms with E-state index in [0.29, 0.717) is 29.7 Å². The minimum absolute atomic E-state index is 0.329. The average molecular weight is 468 g/mol. The Morgan fingerprint density at radius 3 is 2.57 bits per heavy atom. The van der Waals surface area contributed by atoms with E-state index < -0.39 is 0 Å². The molecule has 5 rings (SSSR count). The number of nitrogens with one attached hydrogen (secondary N) is 1. The molecule has 1 aliphatic rings. The molecule has 4 nitrogen and oxygen atoms in total. The van der Waals surface area contributed by atoms with Crippen LogP contribution in [0.2, 0.25) is 0 Å². The highest BCUT2D eigenvalue weighted by atomic mass is 16.5. The van der Waals surface area contributed by atoms with Crippen LogP contribution in [0.15, 0.2) is 71.3 Å². The molecule has 0 bridgehead atoms. The van der Waals surface area contributed by atoms with Crippen molar-refractivity contribution in [3.05, 3.63) is 83.7 Å². The van der Waals surface area contributed by atoms with E-state index in [1.54, 1.807) is 0 Å². The van der Waals surface area contributed by atoms with Crippen LogP contribution in [0.3, 0.4) is 0 Å². The molecular formula is C31H37N3O. The van der Waals surface area contributed by atoms with E-state index in [2.05, 4.69) is 103 Å². The lowest BCUT2D eigenvalue weighted by atomic mass is 9.80. The number of nitrogens with zero attached hydrogens (tertiary/aromatic N) is 2. The summed E-state index contributed by atoms with van der Waals surface area (Å²) in [6.07, 6.45) is 6.84. The highest BCUT2D eigenvalue weighted by Gasteiger charge is 2.25. The molecule has 0 aliphatic heterocycles. The lowest BCUT2D eigenvalue weighted by molar-refractivity contribution is 0.319. The molecule has 4 aromatic rings. The highest BCUT2D eigenvalue weighted by Crippen LogP contribution is 2.35. The van der Waals surface area contributed by atoms with Gasteiger partial charge in [-0.15, -0.1) is 0 Å². The van der Waals surface area contributed by atoms with Gasteiger partial charge in [-0.3, -0.25) is 0 Å². The Labute approximate surface area is 209 Å². The first-order valence-electron chi connectivity index (χ1n) is 13.2. The largest absolute Gasteiger partial charge is 0.339 e.